The van der Waals surface area contributed by atoms with Crippen molar-refractivity contribution in [1.82, 2.24) is 0 Å². The molecular weight excluding hydrogens is 847 g/mol. The SMILES string of the molecule is c1ccc(-c2ccc3c(c2)sc2c(N(c4ccc(-c5ccc6cccc(-c7ccccc7)c6c5)cc4)c4ccc(-c5ccccc5)c5sc6cc(-c7ccccc7)ccc6c45)cccc23)cc1. The largest absolute Gasteiger partial charge is 0.308 e. The van der Waals surface area contributed by atoms with Crippen molar-refractivity contribution >= 4 is 90.9 Å². The van der Waals surface area contributed by atoms with Crippen molar-refractivity contribution in [3.8, 4) is 55.6 Å². The molecule has 13 aromatic rings. The smallest absolute Gasteiger partial charge is 0.0640 e. The minimum atomic E-state index is 1.11. The third-order valence-corrected chi connectivity index (χ3v) is 15.7. The molecule has 0 fully saturated rings. The van der Waals surface area contributed by atoms with Gasteiger partial charge in [0.25, 0.3) is 0 Å². The number of benzene rings is 11. The Morgan fingerprint density at radius 3 is 1.46 bits per heavy atom. The molecule has 0 unspecified atom stereocenters. The minimum Gasteiger partial charge on any atom is -0.308 e. The molecular formula is C64H41NS2. The van der Waals surface area contributed by atoms with E-state index in [9.17, 15) is 0 Å². The number of hydrogen-bond acceptors (Lipinski definition) is 3. The minimum absolute atomic E-state index is 1.11. The third kappa shape index (κ3) is 6.91. The van der Waals surface area contributed by atoms with Gasteiger partial charge in [0.05, 0.1) is 16.1 Å². The number of fused-ring (bicyclic) bond motifs is 7. The molecule has 0 atom stereocenters. The maximum Gasteiger partial charge on any atom is 0.0640 e. The van der Waals surface area contributed by atoms with Gasteiger partial charge in [-0.25, -0.2) is 0 Å². The lowest BCUT2D eigenvalue weighted by Gasteiger charge is -2.28. The molecule has 1 nitrogen and oxygen atoms in total. The highest BCUT2D eigenvalue weighted by atomic mass is 32.1. The lowest BCUT2D eigenvalue weighted by atomic mass is 9.94. The second-order valence-corrected chi connectivity index (χ2v) is 19.3. The van der Waals surface area contributed by atoms with Crippen LogP contribution in [0.1, 0.15) is 0 Å². The molecule has 3 heteroatoms. The Balaban J connectivity index is 1.03. The summed E-state index contributed by atoms with van der Waals surface area (Å²) in [6, 6.07) is 91.4. The molecule has 11 aromatic carbocycles. The topological polar surface area (TPSA) is 3.24 Å². The lowest BCUT2D eigenvalue weighted by Crippen LogP contribution is -2.10. The average Bonchev–Trinajstić information content (AvgIpc) is 3.98. The maximum atomic E-state index is 2.53. The van der Waals surface area contributed by atoms with E-state index in [1.807, 2.05) is 22.7 Å². The fourth-order valence-electron chi connectivity index (χ4n) is 10.0. The van der Waals surface area contributed by atoms with Gasteiger partial charge in [-0.3, -0.25) is 0 Å². The summed E-state index contributed by atoms with van der Waals surface area (Å²) in [6.07, 6.45) is 0. The summed E-state index contributed by atoms with van der Waals surface area (Å²) in [5.74, 6) is 0. The molecule has 0 N–H and O–H groups in total. The van der Waals surface area contributed by atoms with Crippen LogP contribution in [0, 0.1) is 0 Å². The van der Waals surface area contributed by atoms with Crippen LogP contribution in [0.4, 0.5) is 17.1 Å². The molecule has 0 aliphatic heterocycles. The van der Waals surface area contributed by atoms with E-state index in [1.165, 1.54) is 112 Å². The molecule has 0 aliphatic carbocycles. The van der Waals surface area contributed by atoms with Crippen LogP contribution in [0.15, 0.2) is 249 Å². The van der Waals surface area contributed by atoms with E-state index in [2.05, 4.69) is 254 Å². The Morgan fingerprint density at radius 1 is 0.269 bits per heavy atom. The Hall–Kier alpha value is -8.08. The van der Waals surface area contributed by atoms with Crippen LogP contribution in [-0.4, -0.2) is 0 Å². The van der Waals surface area contributed by atoms with E-state index in [-0.39, 0.29) is 0 Å². The van der Waals surface area contributed by atoms with Crippen molar-refractivity contribution in [3.63, 3.8) is 0 Å². The second kappa shape index (κ2) is 16.4. The van der Waals surface area contributed by atoms with Crippen LogP contribution < -0.4 is 4.90 Å². The fourth-order valence-corrected chi connectivity index (χ4v) is 12.5. The van der Waals surface area contributed by atoms with Crippen LogP contribution in [-0.2, 0) is 0 Å². The van der Waals surface area contributed by atoms with Crippen LogP contribution in [0.2, 0.25) is 0 Å². The predicted molar refractivity (Wildman–Crippen MR) is 292 cm³/mol. The Kier molecular flexibility index (Phi) is 9.63. The monoisotopic (exact) mass is 887 g/mol. The number of anilines is 3. The molecule has 0 spiro atoms. The zero-order valence-corrected chi connectivity index (χ0v) is 38.1. The summed E-state index contributed by atoms with van der Waals surface area (Å²) in [7, 11) is 0. The molecule has 2 heterocycles. The van der Waals surface area contributed by atoms with E-state index in [4.69, 9.17) is 0 Å². The van der Waals surface area contributed by atoms with Crippen molar-refractivity contribution in [3.05, 3.63) is 249 Å². The van der Waals surface area contributed by atoms with E-state index in [1.54, 1.807) is 0 Å². The van der Waals surface area contributed by atoms with Crippen LogP contribution in [0.25, 0.3) is 107 Å². The van der Waals surface area contributed by atoms with E-state index >= 15 is 0 Å². The number of hydrogen-bond donors (Lipinski definition) is 0. The van der Waals surface area contributed by atoms with Gasteiger partial charge in [-0.1, -0.05) is 206 Å². The zero-order valence-electron chi connectivity index (χ0n) is 36.4. The fraction of sp³-hybridized carbons (Fsp3) is 0. The summed E-state index contributed by atoms with van der Waals surface area (Å²) in [4.78, 5) is 2.53. The Bertz CT molecular complexity index is 3950. The van der Waals surface area contributed by atoms with Gasteiger partial charge in [-0.15, -0.1) is 22.7 Å². The summed E-state index contributed by atoms with van der Waals surface area (Å²) in [5.41, 5.74) is 15.7. The van der Waals surface area contributed by atoms with Gasteiger partial charge in [-0.05, 0) is 109 Å². The number of thiophene rings is 2. The van der Waals surface area contributed by atoms with E-state index < -0.39 is 0 Å². The molecule has 0 saturated heterocycles. The van der Waals surface area contributed by atoms with Crippen molar-refractivity contribution in [2.24, 2.45) is 0 Å². The summed E-state index contributed by atoms with van der Waals surface area (Å²) in [6.45, 7) is 0. The van der Waals surface area contributed by atoms with Crippen molar-refractivity contribution in [2.45, 2.75) is 0 Å². The number of nitrogens with zero attached hydrogens (tertiary/aromatic N) is 1. The molecule has 2 aromatic heterocycles. The first-order valence-electron chi connectivity index (χ1n) is 22.8. The third-order valence-electron chi connectivity index (χ3n) is 13.3. The summed E-state index contributed by atoms with van der Waals surface area (Å²) in [5, 5.41) is 7.56. The molecule has 13 rings (SSSR count). The van der Waals surface area contributed by atoms with Crippen molar-refractivity contribution in [2.75, 3.05) is 4.90 Å². The number of rotatable bonds is 8. The Morgan fingerprint density at radius 2 is 0.791 bits per heavy atom. The van der Waals surface area contributed by atoms with Gasteiger partial charge in [0.1, 0.15) is 0 Å². The first-order chi connectivity index (χ1) is 33.2. The highest BCUT2D eigenvalue weighted by molar-refractivity contribution is 7.27. The molecule has 0 aliphatic rings. The van der Waals surface area contributed by atoms with Crippen LogP contribution >= 0.6 is 22.7 Å². The van der Waals surface area contributed by atoms with E-state index in [0.29, 0.717) is 0 Å². The second-order valence-electron chi connectivity index (χ2n) is 17.2. The highest BCUT2D eigenvalue weighted by Gasteiger charge is 2.24. The van der Waals surface area contributed by atoms with Crippen molar-refractivity contribution < 1.29 is 0 Å². The predicted octanol–water partition coefficient (Wildman–Crippen LogP) is 19.4. The molecule has 0 bridgehead atoms. The first kappa shape index (κ1) is 39.3. The molecule has 0 saturated carbocycles. The van der Waals surface area contributed by atoms with Gasteiger partial charge in [0, 0.05) is 41.3 Å². The van der Waals surface area contributed by atoms with Crippen LogP contribution in [0.5, 0.6) is 0 Å². The summed E-state index contributed by atoms with van der Waals surface area (Å²) >= 11 is 3.78. The quantitative estimate of drug-likeness (QED) is 0.147. The van der Waals surface area contributed by atoms with Gasteiger partial charge >= 0.3 is 0 Å². The lowest BCUT2D eigenvalue weighted by molar-refractivity contribution is 1.32. The van der Waals surface area contributed by atoms with E-state index in [0.717, 1.165) is 11.4 Å². The van der Waals surface area contributed by atoms with Crippen LogP contribution in [0.3, 0.4) is 0 Å². The molecule has 314 valence electrons. The standard InChI is InChI=1S/C64H41NS2/c1-5-15-42(16-6-1)49-31-35-54-55-25-14-26-59(63(55)66-60(54)40-49)65(51-33-29-44(30-34-51)48-28-27-47-23-13-24-52(57(47)39-48)45-19-9-3-10-20-45)58-38-37-53(46-21-11-4-12-22-46)64-62(58)56-36-32-50(41-61(56)67-64)43-17-7-2-8-18-43/h1-41H. The first-order valence-corrected chi connectivity index (χ1v) is 24.4. The van der Waals surface area contributed by atoms with Gasteiger partial charge in [-0.2, -0.15) is 0 Å². The Labute approximate surface area is 397 Å². The zero-order chi connectivity index (χ0) is 44.3. The maximum absolute atomic E-state index is 2.53. The average molecular weight is 888 g/mol. The van der Waals surface area contributed by atoms with Crippen molar-refractivity contribution in [1.29, 1.82) is 0 Å². The molecule has 67 heavy (non-hydrogen) atoms. The molecule has 0 radical (unpaired) electrons. The van der Waals surface area contributed by atoms with Gasteiger partial charge in [0.2, 0.25) is 0 Å². The highest BCUT2D eigenvalue weighted by Crippen LogP contribution is 2.52. The van der Waals surface area contributed by atoms with Gasteiger partial charge in [0.15, 0.2) is 0 Å². The molecule has 0 amide bonds. The van der Waals surface area contributed by atoms with Gasteiger partial charge < -0.3 is 4.90 Å². The summed E-state index contributed by atoms with van der Waals surface area (Å²) < 4.78 is 5.10. The normalized spacial score (nSPS) is 11.6.